The molecule has 21 heavy (non-hydrogen) atoms. The van der Waals surface area contributed by atoms with Gasteiger partial charge in [0.15, 0.2) is 0 Å². The Morgan fingerprint density at radius 1 is 1.57 bits per heavy atom. The molecule has 0 bridgehead atoms. The van der Waals surface area contributed by atoms with E-state index in [0.29, 0.717) is 10.6 Å². The monoisotopic (exact) mass is 307 g/mol. The standard InChI is InChI=1S/C15H21N3O2S/c1-9-11(3)21-15(12(9)7-16)18-14(19)8-17-10(2)13-5-4-6-20-13/h10,13,17H,4-6,8H2,1-3H3,(H,18,19)/t10-,13+/m1/s1. The van der Waals surface area contributed by atoms with Gasteiger partial charge in [-0.25, -0.2) is 0 Å². The maximum Gasteiger partial charge on any atom is 0.238 e. The number of nitrogens with zero attached hydrogens (tertiary/aromatic N) is 1. The maximum absolute atomic E-state index is 12.0. The van der Waals surface area contributed by atoms with Gasteiger partial charge in [-0.2, -0.15) is 5.26 Å². The molecule has 2 N–H and O–H groups in total. The SMILES string of the molecule is Cc1sc(NC(=O)CN[C@H](C)[C@@H]2CCCO2)c(C#N)c1C. The van der Waals surface area contributed by atoms with Gasteiger partial charge in [0.2, 0.25) is 5.91 Å². The van der Waals surface area contributed by atoms with Crippen LogP contribution in [-0.2, 0) is 9.53 Å². The van der Waals surface area contributed by atoms with Gasteiger partial charge >= 0.3 is 0 Å². The summed E-state index contributed by atoms with van der Waals surface area (Å²) in [5.41, 5.74) is 1.51. The minimum Gasteiger partial charge on any atom is -0.377 e. The topological polar surface area (TPSA) is 74.2 Å². The quantitative estimate of drug-likeness (QED) is 0.875. The van der Waals surface area contributed by atoms with Crippen molar-refractivity contribution in [2.45, 2.75) is 45.8 Å². The largest absolute Gasteiger partial charge is 0.377 e. The van der Waals surface area contributed by atoms with Crippen LogP contribution >= 0.6 is 11.3 Å². The average molecular weight is 307 g/mol. The first-order valence-corrected chi connectivity index (χ1v) is 7.99. The van der Waals surface area contributed by atoms with Gasteiger partial charge in [0.05, 0.1) is 18.2 Å². The highest BCUT2D eigenvalue weighted by Gasteiger charge is 2.22. The molecule has 1 saturated heterocycles. The first kappa shape index (κ1) is 16.0. The van der Waals surface area contributed by atoms with Gasteiger partial charge in [-0.05, 0) is 39.2 Å². The van der Waals surface area contributed by atoms with Gasteiger partial charge in [0.1, 0.15) is 11.1 Å². The molecule has 2 rings (SSSR count). The number of nitriles is 1. The highest BCUT2D eigenvalue weighted by molar-refractivity contribution is 7.16. The van der Waals surface area contributed by atoms with Crippen molar-refractivity contribution >= 4 is 22.2 Å². The Hall–Kier alpha value is -1.42. The van der Waals surface area contributed by atoms with Crippen LogP contribution in [0.15, 0.2) is 0 Å². The van der Waals surface area contributed by atoms with Crippen LogP contribution in [0.3, 0.4) is 0 Å². The van der Waals surface area contributed by atoms with E-state index in [-0.39, 0.29) is 24.6 Å². The zero-order valence-corrected chi connectivity index (χ0v) is 13.5. The highest BCUT2D eigenvalue weighted by Crippen LogP contribution is 2.31. The van der Waals surface area contributed by atoms with E-state index in [1.54, 1.807) is 0 Å². The fraction of sp³-hybridized carbons (Fsp3) is 0.600. The van der Waals surface area contributed by atoms with Crippen molar-refractivity contribution in [3.8, 4) is 6.07 Å². The number of carbonyl (C=O) groups excluding carboxylic acids is 1. The van der Waals surface area contributed by atoms with E-state index in [1.165, 1.54) is 11.3 Å². The molecule has 0 unspecified atom stereocenters. The molecule has 0 spiro atoms. The summed E-state index contributed by atoms with van der Waals surface area (Å²) in [7, 11) is 0. The molecule has 1 aromatic rings. The number of hydrogen-bond donors (Lipinski definition) is 2. The third-order valence-corrected chi connectivity index (χ3v) is 4.98. The van der Waals surface area contributed by atoms with Crippen LogP contribution in [0.2, 0.25) is 0 Å². The Kier molecular flexibility index (Phi) is 5.34. The number of rotatable bonds is 5. The summed E-state index contributed by atoms with van der Waals surface area (Å²) in [4.78, 5) is 13.1. The molecule has 0 aliphatic carbocycles. The second kappa shape index (κ2) is 7.03. The molecule has 1 aliphatic rings. The lowest BCUT2D eigenvalue weighted by Gasteiger charge is -2.19. The van der Waals surface area contributed by atoms with E-state index < -0.39 is 0 Å². The Morgan fingerprint density at radius 2 is 2.33 bits per heavy atom. The lowest BCUT2D eigenvalue weighted by Crippen LogP contribution is -2.41. The Balaban J connectivity index is 1.87. The number of anilines is 1. The van der Waals surface area contributed by atoms with E-state index in [1.807, 2.05) is 20.8 Å². The fourth-order valence-corrected chi connectivity index (χ4v) is 3.43. The first-order chi connectivity index (χ1) is 10.0. The van der Waals surface area contributed by atoms with Gasteiger partial charge in [-0.15, -0.1) is 11.3 Å². The van der Waals surface area contributed by atoms with Crippen LogP contribution in [0.4, 0.5) is 5.00 Å². The number of carbonyl (C=O) groups is 1. The molecule has 0 radical (unpaired) electrons. The summed E-state index contributed by atoms with van der Waals surface area (Å²) in [6.45, 7) is 6.92. The minimum absolute atomic E-state index is 0.127. The van der Waals surface area contributed by atoms with Crippen LogP contribution in [0.5, 0.6) is 0 Å². The van der Waals surface area contributed by atoms with Crippen LogP contribution in [0, 0.1) is 25.2 Å². The van der Waals surface area contributed by atoms with Crippen LogP contribution in [0.1, 0.15) is 35.8 Å². The molecule has 5 nitrogen and oxygen atoms in total. The van der Waals surface area contributed by atoms with Crippen LogP contribution in [-0.4, -0.2) is 31.2 Å². The van der Waals surface area contributed by atoms with Crippen LogP contribution < -0.4 is 10.6 Å². The van der Waals surface area contributed by atoms with Crippen molar-refractivity contribution in [2.24, 2.45) is 0 Å². The predicted octanol–water partition coefficient (Wildman–Crippen LogP) is 2.33. The van der Waals surface area contributed by atoms with E-state index in [4.69, 9.17) is 10.00 Å². The number of ether oxygens (including phenoxy) is 1. The smallest absolute Gasteiger partial charge is 0.238 e. The summed E-state index contributed by atoms with van der Waals surface area (Å²) < 4.78 is 5.59. The number of nitrogens with one attached hydrogen (secondary N) is 2. The molecular weight excluding hydrogens is 286 g/mol. The van der Waals surface area contributed by atoms with Crippen molar-refractivity contribution in [2.75, 3.05) is 18.5 Å². The summed E-state index contributed by atoms with van der Waals surface area (Å²) in [5.74, 6) is -0.127. The van der Waals surface area contributed by atoms with Crippen LogP contribution in [0.25, 0.3) is 0 Å². The maximum atomic E-state index is 12.0. The average Bonchev–Trinajstić information content (AvgIpc) is 3.06. The molecule has 0 saturated carbocycles. The zero-order chi connectivity index (χ0) is 15.4. The van der Waals surface area contributed by atoms with Crippen molar-refractivity contribution in [3.63, 3.8) is 0 Å². The number of amides is 1. The lowest BCUT2D eigenvalue weighted by molar-refractivity contribution is -0.115. The predicted molar refractivity (Wildman–Crippen MR) is 83.6 cm³/mol. The van der Waals surface area contributed by atoms with Gasteiger partial charge in [0.25, 0.3) is 0 Å². The third-order valence-electron chi connectivity index (χ3n) is 3.86. The van der Waals surface area contributed by atoms with Crippen molar-refractivity contribution in [1.29, 1.82) is 5.26 Å². The molecule has 114 valence electrons. The van der Waals surface area contributed by atoms with E-state index in [2.05, 4.69) is 16.7 Å². The molecule has 2 heterocycles. The van der Waals surface area contributed by atoms with Crippen molar-refractivity contribution < 1.29 is 9.53 Å². The number of thiophene rings is 1. The molecular formula is C15H21N3O2S. The molecule has 1 aliphatic heterocycles. The minimum atomic E-state index is -0.127. The molecule has 2 atom stereocenters. The second-order valence-electron chi connectivity index (χ2n) is 5.37. The van der Waals surface area contributed by atoms with Crippen molar-refractivity contribution in [3.05, 3.63) is 16.0 Å². The van der Waals surface area contributed by atoms with E-state index in [0.717, 1.165) is 29.9 Å². The van der Waals surface area contributed by atoms with Crippen molar-refractivity contribution in [1.82, 2.24) is 5.32 Å². The van der Waals surface area contributed by atoms with Gasteiger partial charge < -0.3 is 15.4 Å². The van der Waals surface area contributed by atoms with Gasteiger partial charge in [-0.1, -0.05) is 0 Å². The summed E-state index contributed by atoms with van der Waals surface area (Å²) in [6.07, 6.45) is 2.32. The summed E-state index contributed by atoms with van der Waals surface area (Å²) >= 11 is 1.45. The summed E-state index contributed by atoms with van der Waals surface area (Å²) in [5, 5.41) is 15.8. The second-order valence-corrected chi connectivity index (χ2v) is 6.59. The Morgan fingerprint density at radius 3 is 2.95 bits per heavy atom. The molecule has 1 fully saturated rings. The van der Waals surface area contributed by atoms with E-state index >= 15 is 0 Å². The number of hydrogen-bond acceptors (Lipinski definition) is 5. The van der Waals surface area contributed by atoms with Gasteiger partial charge in [0, 0.05) is 17.5 Å². The molecule has 1 aromatic heterocycles. The normalized spacial score (nSPS) is 19.2. The zero-order valence-electron chi connectivity index (χ0n) is 12.7. The van der Waals surface area contributed by atoms with E-state index in [9.17, 15) is 4.79 Å². The first-order valence-electron chi connectivity index (χ1n) is 7.18. The Bertz CT molecular complexity index is 556. The number of aryl methyl sites for hydroxylation is 1. The third kappa shape index (κ3) is 3.82. The van der Waals surface area contributed by atoms with Gasteiger partial charge in [-0.3, -0.25) is 4.79 Å². The molecule has 0 aromatic carbocycles. The fourth-order valence-electron chi connectivity index (χ4n) is 2.40. The lowest BCUT2D eigenvalue weighted by atomic mass is 10.1. The highest BCUT2D eigenvalue weighted by atomic mass is 32.1. The molecule has 1 amide bonds. The summed E-state index contributed by atoms with van der Waals surface area (Å²) in [6, 6.07) is 2.31. The Labute approximate surface area is 129 Å². The molecule has 6 heteroatoms.